The summed E-state index contributed by atoms with van der Waals surface area (Å²) in [6, 6.07) is 4.09. The van der Waals surface area contributed by atoms with E-state index in [1.54, 1.807) is 6.26 Å². The molecule has 0 bridgehead atoms. The molecule has 1 aliphatic carbocycles. The molecule has 0 spiro atoms. The molecule has 2 fully saturated rings. The second kappa shape index (κ2) is 6.75. The second-order valence-electron chi connectivity index (χ2n) is 8.09. The summed E-state index contributed by atoms with van der Waals surface area (Å²) in [5, 5.41) is 3.20. The van der Waals surface area contributed by atoms with Crippen molar-refractivity contribution in [3.8, 4) is 0 Å². The van der Waals surface area contributed by atoms with Gasteiger partial charge in [0.25, 0.3) is 0 Å². The van der Waals surface area contributed by atoms with Crippen molar-refractivity contribution in [2.24, 2.45) is 17.3 Å². The molecular weight excluding hydrogens is 300 g/mol. The lowest BCUT2D eigenvalue weighted by Gasteiger charge is -2.26. The van der Waals surface area contributed by atoms with Gasteiger partial charge in [-0.25, -0.2) is 0 Å². The normalized spacial score (nSPS) is 26.8. The van der Waals surface area contributed by atoms with Crippen molar-refractivity contribution in [3.63, 3.8) is 0 Å². The van der Waals surface area contributed by atoms with E-state index in [0.29, 0.717) is 12.5 Å². The fraction of sp³-hybridized carbons (Fsp3) is 0.650. The Bertz CT molecular complexity index is 593. The van der Waals surface area contributed by atoms with Crippen LogP contribution < -0.4 is 5.32 Å². The lowest BCUT2D eigenvalue weighted by Crippen LogP contribution is -2.37. The van der Waals surface area contributed by atoms with Crippen LogP contribution in [0.15, 0.2) is 34.5 Å². The zero-order valence-electron chi connectivity index (χ0n) is 15.3. The molecule has 1 aliphatic heterocycles. The highest BCUT2D eigenvalue weighted by Gasteiger charge is 2.60. The van der Waals surface area contributed by atoms with Crippen molar-refractivity contribution in [2.45, 2.75) is 46.6 Å². The van der Waals surface area contributed by atoms with Crippen LogP contribution in [0.3, 0.4) is 0 Å². The first-order chi connectivity index (χ1) is 11.4. The molecule has 24 heavy (non-hydrogen) atoms. The zero-order chi connectivity index (χ0) is 17.3. The first kappa shape index (κ1) is 17.3. The molecule has 2 heterocycles. The number of hydrogen-bond acceptors (Lipinski definition) is 3. The number of likely N-dealkylation sites (tertiary alicyclic amines) is 1. The molecule has 0 unspecified atom stereocenters. The van der Waals surface area contributed by atoms with Gasteiger partial charge in [0.15, 0.2) is 0 Å². The fourth-order valence-electron chi connectivity index (χ4n) is 4.10. The lowest BCUT2D eigenvalue weighted by atomic mass is 10.1. The number of rotatable bonds is 6. The molecule has 2 aliphatic rings. The maximum atomic E-state index is 12.7. The Hall–Kier alpha value is -1.55. The molecule has 1 aromatic rings. The van der Waals surface area contributed by atoms with Gasteiger partial charge in [-0.05, 0) is 63.2 Å². The van der Waals surface area contributed by atoms with Crippen LogP contribution in [0, 0.1) is 17.3 Å². The van der Waals surface area contributed by atoms with Gasteiger partial charge in [0.05, 0.1) is 18.2 Å². The monoisotopic (exact) mass is 330 g/mol. The lowest BCUT2D eigenvalue weighted by molar-refractivity contribution is -0.123. The minimum atomic E-state index is 0.0647. The van der Waals surface area contributed by atoms with Gasteiger partial charge in [-0.15, -0.1) is 0 Å². The Morgan fingerprint density at radius 3 is 2.71 bits per heavy atom. The minimum Gasteiger partial charge on any atom is -0.468 e. The average Bonchev–Trinajstić information content (AvgIpc) is 3.02. The molecule has 1 saturated carbocycles. The Morgan fingerprint density at radius 2 is 2.12 bits per heavy atom. The van der Waals surface area contributed by atoms with Crippen molar-refractivity contribution >= 4 is 5.91 Å². The van der Waals surface area contributed by atoms with Crippen molar-refractivity contribution in [3.05, 3.63) is 35.8 Å². The van der Waals surface area contributed by atoms with E-state index < -0.39 is 0 Å². The molecule has 3 rings (SSSR count). The Balaban J connectivity index is 1.63. The number of carbonyl (C=O) groups is 1. The first-order valence-electron chi connectivity index (χ1n) is 9.11. The molecule has 0 aromatic carbocycles. The van der Waals surface area contributed by atoms with Crippen LogP contribution in [0.4, 0.5) is 0 Å². The van der Waals surface area contributed by atoms with Gasteiger partial charge in [-0.3, -0.25) is 9.69 Å². The van der Waals surface area contributed by atoms with E-state index in [-0.39, 0.29) is 23.3 Å². The summed E-state index contributed by atoms with van der Waals surface area (Å²) in [5.41, 5.74) is 1.35. The van der Waals surface area contributed by atoms with Gasteiger partial charge < -0.3 is 9.73 Å². The van der Waals surface area contributed by atoms with Crippen LogP contribution in [0.5, 0.6) is 0 Å². The predicted molar refractivity (Wildman–Crippen MR) is 95.5 cm³/mol. The van der Waals surface area contributed by atoms with E-state index in [1.165, 1.54) is 18.4 Å². The van der Waals surface area contributed by atoms with Crippen molar-refractivity contribution in [2.75, 3.05) is 19.6 Å². The maximum Gasteiger partial charge on any atom is 0.224 e. The third-order valence-corrected chi connectivity index (χ3v) is 5.63. The molecule has 4 heteroatoms. The summed E-state index contributed by atoms with van der Waals surface area (Å²) >= 11 is 0. The van der Waals surface area contributed by atoms with Gasteiger partial charge in [0, 0.05) is 6.54 Å². The van der Waals surface area contributed by atoms with Crippen LogP contribution in [0.2, 0.25) is 0 Å². The predicted octanol–water partition coefficient (Wildman–Crippen LogP) is 3.77. The number of amides is 1. The van der Waals surface area contributed by atoms with Crippen LogP contribution in [0.25, 0.3) is 0 Å². The zero-order valence-corrected chi connectivity index (χ0v) is 15.3. The second-order valence-corrected chi connectivity index (χ2v) is 8.09. The average molecular weight is 330 g/mol. The summed E-state index contributed by atoms with van der Waals surface area (Å²) in [5.74, 6) is 1.57. The van der Waals surface area contributed by atoms with Crippen LogP contribution in [0.1, 0.15) is 52.3 Å². The number of furan rings is 1. The highest BCUT2D eigenvalue weighted by molar-refractivity contribution is 5.83. The summed E-state index contributed by atoms with van der Waals surface area (Å²) in [4.78, 5) is 15.1. The first-order valence-corrected chi connectivity index (χ1v) is 9.11. The number of carbonyl (C=O) groups excluding carboxylic acids is 1. The minimum absolute atomic E-state index is 0.0647. The summed E-state index contributed by atoms with van der Waals surface area (Å²) in [6.45, 7) is 11.4. The molecule has 4 nitrogen and oxygen atoms in total. The molecule has 1 saturated heterocycles. The van der Waals surface area contributed by atoms with Crippen molar-refractivity contribution < 1.29 is 9.21 Å². The number of nitrogens with zero attached hydrogens (tertiary/aromatic N) is 1. The third-order valence-electron chi connectivity index (χ3n) is 5.63. The summed E-state index contributed by atoms with van der Waals surface area (Å²) in [7, 11) is 0. The SMILES string of the molecule is CC(C)=C[C@@H]1[C@@H](C(=O)NC[C@@H](c2ccco2)N2CCCC2)C1(C)C. The van der Waals surface area contributed by atoms with E-state index in [0.717, 1.165) is 18.8 Å². The van der Waals surface area contributed by atoms with E-state index in [4.69, 9.17) is 4.42 Å². The molecular formula is C20H30N2O2. The molecule has 3 atom stereocenters. The van der Waals surface area contributed by atoms with Gasteiger partial charge in [0.2, 0.25) is 5.91 Å². The van der Waals surface area contributed by atoms with E-state index >= 15 is 0 Å². The number of nitrogens with one attached hydrogen (secondary N) is 1. The van der Waals surface area contributed by atoms with Gasteiger partial charge in [-0.2, -0.15) is 0 Å². The third kappa shape index (κ3) is 3.44. The Morgan fingerprint density at radius 1 is 1.42 bits per heavy atom. The number of hydrogen-bond donors (Lipinski definition) is 1. The largest absolute Gasteiger partial charge is 0.468 e. The summed E-state index contributed by atoms with van der Waals surface area (Å²) < 4.78 is 5.63. The van der Waals surface area contributed by atoms with E-state index in [2.05, 4.69) is 44.0 Å². The van der Waals surface area contributed by atoms with Crippen molar-refractivity contribution in [1.29, 1.82) is 0 Å². The highest BCUT2D eigenvalue weighted by Crippen LogP contribution is 2.59. The summed E-state index contributed by atoms with van der Waals surface area (Å²) in [6.07, 6.45) is 6.41. The van der Waals surface area contributed by atoms with Crippen LogP contribution >= 0.6 is 0 Å². The van der Waals surface area contributed by atoms with Gasteiger partial charge in [0.1, 0.15) is 5.76 Å². The molecule has 1 aromatic heterocycles. The Labute approximate surface area is 145 Å². The molecule has 1 amide bonds. The smallest absolute Gasteiger partial charge is 0.224 e. The standard InChI is InChI=1S/C20H30N2O2/c1-14(2)12-15-18(20(15,3)4)19(23)21-13-16(17-8-7-11-24-17)22-9-5-6-10-22/h7-8,11-12,15-16,18H,5-6,9-10,13H2,1-4H3,(H,21,23)/t15-,16+,18+/m1/s1. The van der Waals surface area contributed by atoms with Crippen LogP contribution in [-0.4, -0.2) is 30.4 Å². The van der Waals surface area contributed by atoms with Crippen LogP contribution in [-0.2, 0) is 4.79 Å². The van der Waals surface area contributed by atoms with E-state index in [9.17, 15) is 4.79 Å². The van der Waals surface area contributed by atoms with Gasteiger partial charge in [-0.1, -0.05) is 25.5 Å². The van der Waals surface area contributed by atoms with E-state index in [1.807, 2.05) is 12.1 Å². The Kier molecular flexibility index (Phi) is 4.86. The van der Waals surface area contributed by atoms with Crippen molar-refractivity contribution in [1.82, 2.24) is 10.2 Å². The quantitative estimate of drug-likeness (QED) is 0.808. The van der Waals surface area contributed by atoms with Gasteiger partial charge >= 0.3 is 0 Å². The highest BCUT2D eigenvalue weighted by atomic mass is 16.3. The maximum absolute atomic E-state index is 12.7. The fourth-order valence-corrected chi connectivity index (χ4v) is 4.10. The molecule has 1 N–H and O–H groups in total. The number of allylic oxidation sites excluding steroid dienone is 2. The molecule has 0 radical (unpaired) electrons. The topological polar surface area (TPSA) is 45.5 Å². The molecule has 132 valence electrons.